The normalized spacial score (nSPS) is 21.3. The van der Waals surface area contributed by atoms with Gasteiger partial charge in [0.15, 0.2) is 0 Å². The van der Waals surface area contributed by atoms with Crippen molar-refractivity contribution in [1.29, 1.82) is 0 Å². The van der Waals surface area contributed by atoms with Gasteiger partial charge in [0, 0.05) is 25.3 Å². The van der Waals surface area contributed by atoms with Gasteiger partial charge in [0.1, 0.15) is 0 Å². The molecule has 1 aromatic rings. The Kier molecular flexibility index (Phi) is 4.04. The van der Waals surface area contributed by atoms with Gasteiger partial charge in [-0.25, -0.2) is 0 Å². The van der Waals surface area contributed by atoms with Gasteiger partial charge in [0.2, 0.25) is 0 Å². The minimum Gasteiger partial charge on any atom is -0.370 e. The van der Waals surface area contributed by atoms with Gasteiger partial charge in [-0.1, -0.05) is 13.0 Å². The van der Waals surface area contributed by atoms with Crippen molar-refractivity contribution in [2.45, 2.75) is 20.0 Å². The zero-order chi connectivity index (χ0) is 14.0. The lowest BCUT2D eigenvalue weighted by atomic mass is 10.1. The van der Waals surface area contributed by atoms with Crippen LogP contribution in [0.4, 0.5) is 18.9 Å². The van der Waals surface area contributed by atoms with Crippen LogP contribution >= 0.6 is 0 Å². The predicted molar refractivity (Wildman–Crippen MR) is 70.4 cm³/mol. The van der Waals surface area contributed by atoms with Crippen molar-refractivity contribution < 1.29 is 13.2 Å². The summed E-state index contributed by atoms with van der Waals surface area (Å²) < 4.78 is 38.4. The van der Waals surface area contributed by atoms with Crippen molar-refractivity contribution in [1.82, 2.24) is 5.32 Å². The molecule has 0 radical (unpaired) electrons. The molecule has 2 rings (SSSR count). The first kappa shape index (κ1) is 14.2. The molecule has 1 saturated heterocycles. The molecule has 0 aliphatic carbocycles. The van der Waals surface area contributed by atoms with Gasteiger partial charge in [-0.3, -0.25) is 0 Å². The van der Waals surface area contributed by atoms with Crippen LogP contribution in [0.2, 0.25) is 0 Å². The van der Waals surface area contributed by atoms with Crippen LogP contribution in [0.5, 0.6) is 0 Å². The first-order valence-electron chi connectivity index (χ1n) is 6.51. The number of hydrogen-bond acceptors (Lipinski definition) is 2. The van der Waals surface area contributed by atoms with E-state index in [1.165, 1.54) is 6.07 Å². The number of nitrogens with one attached hydrogen (secondary N) is 1. The second-order valence-corrected chi connectivity index (χ2v) is 5.25. The molecule has 1 aromatic carbocycles. The second kappa shape index (κ2) is 5.41. The molecule has 1 fully saturated rings. The van der Waals surface area contributed by atoms with Crippen LogP contribution in [0.15, 0.2) is 18.2 Å². The van der Waals surface area contributed by atoms with Gasteiger partial charge >= 0.3 is 6.18 Å². The van der Waals surface area contributed by atoms with E-state index in [0.29, 0.717) is 11.6 Å². The van der Waals surface area contributed by atoms with Crippen molar-refractivity contribution in [3.63, 3.8) is 0 Å². The molecule has 1 unspecified atom stereocenters. The molecule has 1 N–H and O–H groups in total. The van der Waals surface area contributed by atoms with E-state index >= 15 is 0 Å². The molecule has 0 aromatic heterocycles. The monoisotopic (exact) mass is 272 g/mol. The first-order valence-corrected chi connectivity index (χ1v) is 6.51. The molecule has 1 heterocycles. The summed E-state index contributed by atoms with van der Waals surface area (Å²) in [6.07, 6.45) is -4.28. The van der Waals surface area contributed by atoms with E-state index in [1.54, 1.807) is 6.07 Å². The van der Waals surface area contributed by atoms with Crippen molar-refractivity contribution in [3.8, 4) is 0 Å². The molecule has 1 atom stereocenters. The zero-order valence-corrected chi connectivity index (χ0v) is 11.2. The Hall–Kier alpha value is -1.23. The van der Waals surface area contributed by atoms with Crippen molar-refractivity contribution >= 4 is 5.69 Å². The molecule has 1 aliphatic rings. The number of rotatable bonds is 1. The Bertz CT molecular complexity index is 443. The average Bonchev–Trinajstić information content (AvgIpc) is 2.53. The number of hydrogen-bond donors (Lipinski definition) is 1. The standard InChI is InChI=1S/C14H19F3N2/c1-10-8-18-5-6-19(9-10)13-7-12(14(15,16)17)4-3-11(13)2/h3-4,7,10,18H,5-6,8-9H2,1-2H3. The van der Waals surface area contributed by atoms with Gasteiger partial charge in [0.05, 0.1) is 5.56 Å². The zero-order valence-electron chi connectivity index (χ0n) is 11.2. The summed E-state index contributed by atoms with van der Waals surface area (Å²) in [6.45, 7) is 7.21. The van der Waals surface area contributed by atoms with E-state index in [1.807, 2.05) is 6.92 Å². The van der Waals surface area contributed by atoms with E-state index in [9.17, 15) is 13.2 Å². The van der Waals surface area contributed by atoms with E-state index in [2.05, 4.69) is 17.1 Å². The topological polar surface area (TPSA) is 15.3 Å². The molecule has 5 heteroatoms. The third kappa shape index (κ3) is 3.41. The van der Waals surface area contributed by atoms with Gasteiger partial charge in [-0.2, -0.15) is 13.2 Å². The van der Waals surface area contributed by atoms with Crippen molar-refractivity contribution in [3.05, 3.63) is 29.3 Å². The fraction of sp³-hybridized carbons (Fsp3) is 0.571. The minimum atomic E-state index is -4.28. The summed E-state index contributed by atoms with van der Waals surface area (Å²) in [5.74, 6) is 0.427. The van der Waals surface area contributed by atoms with Crippen LogP contribution in [-0.2, 0) is 6.18 Å². The highest BCUT2D eigenvalue weighted by atomic mass is 19.4. The van der Waals surface area contributed by atoms with Crippen LogP contribution in [0.1, 0.15) is 18.1 Å². The highest BCUT2D eigenvalue weighted by molar-refractivity contribution is 5.55. The molecule has 1 aliphatic heterocycles. The van der Waals surface area contributed by atoms with Crippen LogP contribution < -0.4 is 10.2 Å². The Morgan fingerprint density at radius 2 is 2.05 bits per heavy atom. The summed E-state index contributed by atoms with van der Waals surface area (Å²) in [5, 5.41) is 3.30. The molecule has 19 heavy (non-hydrogen) atoms. The van der Waals surface area contributed by atoms with Crippen molar-refractivity contribution in [2.75, 3.05) is 31.1 Å². The summed E-state index contributed by atoms with van der Waals surface area (Å²) in [7, 11) is 0. The average molecular weight is 272 g/mol. The quantitative estimate of drug-likeness (QED) is 0.845. The summed E-state index contributed by atoms with van der Waals surface area (Å²) >= 11 is 0. The largest absolute Gasteiger partial charge is 0.416 e. The maximum absolute atomic E-state index is 12.8. The van der Waals surface area contributed by atoms with Crippen LogP contribution in [-0.4, -0.2) is 26.2 Å². The molecule has 0 saturated carbocycles. The molecule has 0 spiro atoms. The van der Waals surface area contributed by atoms with Gasteiger partial charge in [-0.15, -0.1) is 0 Å². The molecule has 106 valence electrons. The smallest absolute Gasteiger partial charge is 0.370 e. The van der Waals surface area contributed by atoms with E-state index in [4.69, 9.17) is 0 Å². The lowest BCUT2D eigenvalue weighted by molar-refractivity contribution is -0.137. The lowest BCUT2D eigenvalue weighted by Crippen LogP contribution is -2.30. The number of alkyl halides is 3. The van der Waals surface area contributed by atoms with E-state index < -0.39 is 11.7 Å². The minimum absolute atomic E-state index is 0.427. The molecule has 0 amide bonds. The van der Waals surface area contributed by atoms with Crippen LogP contribution in [0, 0.1) is 12.8 Å². The second-order valence-electron chi connectivity index (χ2n) is 5.25. The fourth-order valence-corrected chi connectivity index (χ4v) is 2.44. The highest BCUT2D eigenvalue weighted by Gasteiger charge is 2.31. The number of halogens is 3. The van der Waals surface area contributed by atoms with Crippen LogP contribution in [0.25, 0.3) is 0 Å². The van der Waals surface area contributed by atoms with E-state index in [0.717, 1.165) is 37.8 Å². The Labute approximate surface area is 111 Å². The highest BCUT2D eigenvalue weighted by Crippen LogP contribution is 2.33. The summed E-state index contributed by atoms with van der Waals surface area (Å²) in [6, 6.07) is 3.98. The summed E-state index contributed by atoms with van der Waals surface area (Å²) in [5.41, 5.74) is 1.02. The third-order valence-electron chi connectivity index (χ3n) is 3.46. The maximum Gasteiger partial charge on any atom is 0.416 e. The van der Waals surface area contributed by atoms with Crippen LogP contribution in [0.3, 0.4) is 0 Å². The SMILES string of the molecule is Cc1ccc(C(F)(F)F)cc1N1CCNCC(C)C1. The fourth-order valence-electron chi connectivity index (χ4n) is 2.44. The first-order chi connectivity index (χ1) is 8.88. The third-order valence-corrected chi connectivity index (χ3v) is 3.46. The van der Waals surface area contributed by atoms with E-state index in [-0.39, 0.29) is 0 Å². The molecular weight excluding hydrogens is 253 g/mol. The molecule has 0 bridgehead atoms. The number of benzene rings is 1. The number of anilines is 1. The Morgan fingerprint density at radius 1 is 1.32 bits per heavy atom. The Morgan fingerprint density at radius 3 is 2.74 bits per heavy atom. The maximum atomic E-state index is 12.8. The molecular formula is C14H19F3N2. The Balaban J connectivity index is 2.32. The number of nitrogens with zero attached hydrogens (tertiary/aromatic N) is 1. The summed E-state index contributed by atoms with van der Waals surface area (Å²) in [4.78, 5) is 2.05. The molecule has 2 nitrogen and oxygen atoms in total. The van der Waals surface area contributed by atoms with Gasteiger partial charge < -0.3 is 10.2 Å². The number of aryl methyl sites for hydroxylation is 1. The van der Waals surface area contributed by atoms with Gasteiger partial charge in [-0.05, 0) is 37.1 Å². The van der Waals surface area contributed by atoms with Crippen molar-refractivity contribution in [2.24, 2.45) is 5.92 Å². The van der Waals surface area contributed by atoms with Gasteiger partial charge in [0.25, 0.3) is 0 Å². The predicted octanol–water partition coefficient (Wildman–Crippen LogP) is 3.06. The lowest BCUT2D eigenvalue weighted by Gasteiger charge is -2.27.